The minimum atomic E-state index is -0.538. The number of methoxy groups -OCH3 is 1. The number of hydrogen-bond donors (Lipinski definition) is 2. The summed E-state index contributed by atoms with van der Waals surface area (Å²) >= 11 is 5.91. The first-order valence-corrected chi connectivity index (χ1v) is 13.2. The van der Waals surface area contributed by atoms with E-state index in [-0.39, 0.29) is 18.0 Å². The molecule has 8 nitrogen and oxygen atoms in total. The third-order valence-corrected chi connectivity index (χ3v) is 7.03. The maximum Gasteiger partial charge on any atom is 0.229 e. The highest BCUT2D eigenvalue weighted by Gasteiger charge is 2.42. The number of nitrogens with one attached hydrogen (secondary N) is 2. The number of rotatable bonds is 7. The molecule has 1 aliphatic rings. The summed E-state index contributed by atoms with van der Waals surface area (Å²) in [5.41, 5.74) is 3.82. The summed E-state index contributed by atoms with van der Waals surface area (Å²) in [6, 6.07) is 21.3. The predicted molar refractivity (Wildman–Crippen MR) is 157 cm³/mol. The van der Waals surface area contributed by atoms with Crippen LogP contribution in [0.1, 0.15) is 49.9 Å². The number of aromatic nitrogens is 3. The topological polar surface area (TPSA) is 84.3 Å². The van der Waals surface area contributed by atoms with E-state index in [9.17, 15) is 4.79 Å². The third-order valence-electron chi connectivity index (χ3n) is 6.72. The highest BCUT2D eigenvalue weighted by Crippen LogP contribution is 2.43. The van der Waals surface area contributed by atoms with E-state index in [1.807, 2.05) is 81.4 Å². The first-order valence-electron chi connectivity index (χ1n) is 12.8. The van der Waals surface area contributed by atoms with Crippen LogP contribution >= 0.6 is 12.2 Å². The molecule has 39 heavy (non-hydrogen) atoms. The van der Waals surface area contributed by atoms with E-state index in [4.69, 9.17) is 17.0 Å². The Morgan fingerprint density at radius 2 is 1.82 bits per heavy atom. The van der Waals surface area contributed by atoms with Crippen molar-refractivity contribution >= 4 is 34.6 Å². The van der Waals surface area contributed by atoms with Gasteiger partial charge in [-0.2, -0.15) is 0 Å². The number of thiocarbonyl (C=S) groups is 1. The van der Waals surface area contributed by atoms with Gasteiger partial charge in [-0.05, 0) is 60.7 Å². The Balaban J connectivity index is 1.56. The van der Waals surface area contributed by atoms with Gasteiger partial charge in [-0.3, -0.25) is 14.8 Å². The monoisotopic (exact) mass is 540 g/mol. The lowest BCUT2D eigenvalue weighted by molar-refractivity contribution is -0.123. The van der Waals surface area contributed by atoms with E-state index in [0.717, 1.165) is 22.8 Å². The zero-order chi connectivity index (χ0) is 27.6. The smallest absolute Gasteiger partial charge is 0.229 e. The van der Waals surface area contributed by atoms with Crippen LogP contribution in [0.25, 0.3) is 0 Å². The second-order valence-corrected chi connectivity index (χ2v) is 10.9. The largest absolute Gasteiger partial charge is 0.494 e. The number of amides is 1. The maximum atomic E-state index is 12.7. The molecule has 9 heteroatoms. The van der Waals surface area contributed by atoms with Crippen LogP contribution in [0.4, 0.5) is 11.4 Å². The first kappa shape index (κ1) is 26.4. The average Bonchev–Trinajstić information content (AvgIpc) is 3.52. The van der Waals surface area contributed by atoms with Crippen LogP contribution in [0.3, 0.4) is 0 Å². The molecule has 4 heterocycles. The summed E-state index contributed by atoms with van der Waals surface area (Å²) < 4.78 is 7.90. The zero-order valence-corrected chi connectivity index (χ0v) is 23.3. The SMILES string of the molecule is COc1cc(N2C(=S)N[C@H](c3ccccn3)[C@@H]2c2cccn2Cc2ccccn2)ccc1NC(=O)C(C)(C)C. The molecule has 1 aliphatic heterocycles. The summed E-state index contributed by atoms with van der Waals surface area (Å²) in [5.74, 6) is 0.462. The van der Waals surface area contributed by atoms with E-state index in [2.05, 4.69) is 42.3 Å². The van der Waals surface area contributed by atoms with Crippen LogP contribution < -0.4 is 20.3 Å². The van der Waals surface area contributed by atoms with Crippen LogP contribution in [-0.2, 0) is 11.3 Å². The Labute approximate surface area is 234 Å². The van der Waals surface area contributed by atoms with Crippen molar-refractivity contribution in [2.24, 2.45) is 5.41 Å². The van der Waals surface area contributed by atoms with Crippen molar-refractivity contribution < 1.29 is 9.53 Å². The molecule has 1 fully saturated rings. The van der Waals surface area contributed by atoms with Crippen molar-refractivity contribution in [1.29, 1.82) is 0 Å². The standard InChI is InChI=1S/C30H32N6O2S/c1-30(2,3)28(37)33-22-14-13-21(18-25(22)38-4)36-27(26(34-29(36)39)23-11-6-8-16-32-23)24-12-9-17-35(24)19-20-10-5-7-15-31-20/h5-18,26-27H,19H2,1-4H3,(H,33,37)(H,34,39)/t26-,27+/m1/s1. The van der Waals surface area contributed by atoms with Gasteiger partial charge >= 0.3 is 0 Å². The van der Waals surface area contributed by atoms with Gasteiger partial charge in [0.25, 0.3) is 0 Å². The number of hydrogen-bond acceptors (Lipinski definition) is 5. The lowest BCUT2D eigenvalue weighted by Crippen LogP contribution is -2.31. The Morgan fingerprint density at radius 3 is 2.49 bits per heavy atom. The minimum absolute atomic E-state index is 0.0904. The highest BCUT2D eigenvalue weighted by molar-refractivity contribution is 7.80. The second-order valence-electron chi connectivity index (χ2n) is 10.5. The Morgan fingerprint density at radius 1 is 1.05 bits per heavy atom. The van der Waals surface area contributed by atoms with E-state index in [1.165, 1.54) is 0 Å². The molecule has 0 saturated carbocycles. The minimum Gasteiger partial charge on any atom is -0.494 e. The van der Waals surface area contributed by atoms with Gasteiger partial charge in [0, 0.05) is 41.5 Å². The average molecular weight is 541 g/mol. The summed E-state index contributed by atoms with van der Waals surface area (Å²) in [4.78, 5) is 23.9. The van der Waals surface area contributed by atoms with Crippen molar-refractivity contribution in [2.75, 3.05) is 17.3 Å². The van der Waals surface area contributed by atoms with Crippen molar-refractivity contribution in [3.63, 3.8) is 0 Å². The fraction of sp³-hybridized carbons (Fsp3) is 0.267. The highest BCUT2D eigenvalue weighted by atomic mass is 32.1. The lowest BCUT2D eigenvalue weighted by Gasteiger charge is -2.29. The van der Waals surface area contributed by atoms with Gasteiger partial charge in [0.2, 0.25) is 5.91 Å². The normalized spacial score (nSPS) is 17.1. The number of carbonyl (C=O) groups is 1. The predicted octanol–water partition coefficient (Wildman–Crippen LogP) is 5.50. The van der Waals surface area contributed by atoms with Crippen LogP contribution in [0.15, 0.2) is 85.3 Å². The van der Waals surface area contributed by atoms with Crippen molar-refractivity contribution in [3.05, 3.63) is 102 Å². The molecular formula is C30H32N6O2S. The first-order chi connectivity index (χ1) is 18.8. The van der Waals surface area contributed by atoms with E-state index >= 15 is 0 Å². The molecule has 0 bridgehead atoms. The number of benzene rings is 1. The number of ether oxygens (including phenoxy) is 1. The van der Waals surface area contributed by atoms with Crippen LogP contribution in [0.2, 0.25) is 0 Å². The van der Waals surface area contributed by atoms with E-state index in [0.29, 0.717) is 23.1 Å². The van der Waals surface area contributed by atoms with Crippen molar-refractivity contribution in [2.45, 2.75) is 39.4 Å². The van der Waals surface area contributed by atoms with Gasteiger partial charge in [-0.1, -0.05) is 32.9 Å². The molecule has 200 valence electrons. The Bertz CT molecular complexity index is 1470. The van der Waals surface area contributed by atoms with Crippen molar-refractivity contribution in [3.8, 4) is 5.75 Å². The van der Waals surface area contributed by atoms with Gasteiger partial charge in [0.1, 0.15) is 11.8 Å². The summed E-state index contributed by atoms with van der Waals surface area (Å²) in [6.07, 6.45) is 5.66. The molecule has 1 saturated heterocycles. The molecule has 0 unspecified atom stereocenters. The molecule has 0 radical (unpaired) electrons. The van der Waals surface area contributed by atoms with Crippen molar-refractivity contribution in [1.82, 2.24) is 19.9 Å². The maximum absolute atomic E-state index is 12.7. The number of nitrogens with zero attached hydrogens (tertiary/aromatic N) is 4. The molecule has 2 atom stereocenters. The second kappa shape index (κ2) is 10.9. The third kappa shape index (κ3) is 5.49. The molecule has 0 aliphatic carbocycles. The van der Waals surface area contributed by atoms with Gasteiger partial charge < -0.3 is 24.8 Å². The number of carbonyl (C=O) groups excluding carboxylic acids is 1. The molecule has 1 amide bonds. The van der Waals surface area contributed by atoms with E-state index in [1.54, 1.807) is 19.5 Å². The van der Waals surface area contributed by atoms with E-state index < -0.39 is 5.41 Å². The zero-order valence-electron chi connectivity index (χ0n) is 22.5. The Kier molecular flexibility index (Phi) is 7.34. The Hall–Kier alpha value is -4.24. The van der Waals surface area contributed by atoms with Gasteiger partial charge in [0.15, 0.2) is 5.11 Å². The molecule has 4 aromatic rings. The number of anilines is 2. The molecule has 3 aromatic heterocycles. The summed E-state index contributed by atoms with van der Waals surface area (Å²) in [7, 11) is 1.60. The summed E-state index contributed by atoms with van der Waals surface area (Å²) in [5, 5.41) is 7.07. The molecule has 0 spiro atoms. The molecular weight excluding hydrogens is 508 g/mol. The molecule has 2 N–H and O–H groups in total. The lowest BCUT2D eigenvalue weighted by atomic mass is 9.95. The molecule has 5 rings (SSSR count). The quantitative estimate of drug-likeness (QED) is 0.300. The van der Waals surface area contributed by atoms with Gasteiger partial charge in [-0.15, -0.1) is 0 Å². The van der Waals surface area contributed by atoms with Crippen LogP contribution in [-0.4, -0.2) is 32.7 Å². The van der Waals surface area contributed by atoms with Crippen LogP contribution in [0.5, 0.6) is 5.75 Å². The van der Waals surface area contributed by atoms with Gasteiger partial charge in [0.05, 0.1) is 36.8 Å². The number of pyridine rings is 2. The fourth-order valence-electron chi connectivity index (χ4n) is 4.68. The van der Waals surface area contributed by atoms with Crippen LogP contribution in [0, 0.1) is 5.41 Å². The van der Waals surface area contributed by atoms with Gasteiger partial charge in [-0.25, -0.2) is 0 Å². The molecule has 1 aromatic carbocycles. The fourth-order valence-corrected chi connectivity index (χ4v) is 5.03. The summed E-state index contributed by atoms with van der Waals surface area (Å²) in [6.45, 7) is 6.25.